The number of hydrogen-bond acceptors (Lipinski definition) is 6. The minimum atomic E-state index is -2.40. The van der Waals surface area contributed by atoms with Gasteiger partial charge in [-0.25, -0.2) is 0 Å². The van der Waals surface area contributed by atoms with Gasteiger partial charge in [0.1, 0.15) is 5.78 Å². The molecule has 2 atom stereocenters. The smallest absolute Gasteiger partial charge is 0.217 e. The van der Waals surface area contributed by atoms with Crippen LogP contribution >= 0.6 is 8.15 Å². The van der Waals surface area contributed by atoms with Gasteiger partial charge < -0.3 is 15.1 Å². The van der Waals surface area contributed by atoms with Gasteiger partial charge in [-0.2, -0.15) is 0 Å². The van der Waals surface area contributed by atoms with Crippen LogP contribution in [0.5, 0.6) is 0 Å². The summed E-state index contributed by atoms with van der Waals surface area (Å²) in [6, 6.07) is -0.668. The van der Waals surface area contributed by atoms with E-state index in [-0.39, 0.29) is 31.0 Å². The first-order valence-corrected chi connectivity index (χ1v) is 15.4. The van der Waals surface area contributed by atoms with Crippen LogP contribution in [0.15, 0.2) is 0 Å². The Hall–Kier alpha value is -1.17. The fourth-order valence-electron chi connectivity index (χ4n) is 4.25. The van der Waals surface area contributed by atoms with E-state index in [4.69, 9.17) is 0 Å². The Morgan fingerprint density at radius 3 is 1.72 bits per heavy atom. The van der Waals surface area contributed by atoms with Crippen molar-refractivity contribution in [1.29, 1.82) is 0 Å². The molecule has 0 heterocycles. The number of nitrogens with zero attached hydrogens (tertiary/aromatic N) is 1. The first kappa shape index (κ1) is 34.8. The molecule has 8 heteroatoms. The van der Waals surface area contributed by atoms with Crippen LogP contribution in [0, 0.1) is 0 Å². The number of carbonyl (C=O) groups excluding carboxylic acids is 4. The summed E-state index contributed by atoms with van der Waals surface area (Å²) in [5.41, 5.74) is -1.00. The number of rotatable bonds is 25. The molecule has 0 aromatic carbocycles. The molecule has 2 unspecified atom stereocenters. The van der Waals surface area contributed by atoms with Crippen LogP contribution in [0.25, 0.3) is 0 Å². The highest BCUT2D eigenvalue weighted by Crippen LogP contribution is 2.36. The minimum absolute atomic E-state index is 0.00547. The molecule has 1 amide bonds. The Kier molecular flexibility index (Phi) is 22.2. The van der Waals surface area contributed by atoms with E-state index in [0.29, 0.717) is 12.8 Å². The van der Waals surface area contributed by atoms with E-state index in [1.165, 1.54) is 64.7 Å². The van der Waals surface area contributed by atoms with Crippen molar-refractivity contribution in [3.05, 3.63) is 0 Å². The Balaban J connectivity index is 4.16. The molecule has 0 aliphatic carbocycles. The highest BCUT2D eigenvalue weighted by molar-refractivity contribution is 7.84. The van der Waals surface area contributed by atoms with Crippen LogP contribution in [0.4, 0.5) is 0 Å². The number of hydrogen-bond donors (Lipinski definition) is 2. The van der Waals surface area contributed by atoms with Gasteiger partial charge >= 0.3 is 0 Å². The van der Waals surface area contributed by atoms with Crippen molar-refractivity contribution in [2.45, 2.75) is 135 Å². The van der Waals surface area contributed by atoms with E-state index < -0.39 is 25.2 Å². The van der Waals surface area contributed by atoms with Crippen molar-refractivity contribution in [2.24, 2.45) is 0 Å². The number of amides is 1. The van der Waals surface area contributed by atoms with E-state index in [0.717, 1.165) is 32.2 Å². The number of nitrogens with one attached hydrogen (secondary N) is 1. The second-order valence-electron chi connectivity index (χ2n) is 10.3. The average molecular weight is 529 g/mol. The highest BCUT2D eigenvalue weighted by Gasteiger charge is 2.27. The molecule has 0 radical (unpaired) electrons. The molecule has 0 saturated carbocycles. The van der Waals surface area contributed by atoms with Crippen LogP contribution in [0.1, 0.15) is 129 Å². The molecule has 0 aliphatic heterocycles. The predicted molar refractivity (Wildman–Crippen MR) is 149 cm³/mol. The van der Waals surface area contributed by atoms with Gasteiger partial charge in [0.05, 0.1) is 0 Å². The Morgan fingerprint density at radius 1 is 0.722 bits per heavy atom. The monoisotopic (exact) mass is 528 g/mol. The normalized spacial score (nSPS) is 12.9. The van der Waals surface area contributed by atoms with Crippen molar-refractivity contribution in [1.82, 2.24) is 10.2 Å². The molecule has 0 aromatic heterocycles. The first-order valence-electron chi connectivity index (χ1n) is 14.2. The number of ketones is 1. The lowest BCUT2D eigenvalue weighted by Gasteiger charge is -2.18. The van der Waals surface area contributed by atoms with Crippen LogP contribution in [0.3, 0.4) is 0 Å². The van der Waals surface area contributed by atoms with Crippen molar-refractivity contribution >= 4 is 30.9 Å². The van der Waals surface area contributed by atoms with E-state index in [2.05, 4.69) is 12.2 Å². The average Bonchev–Trinajstić information content (AvgIpc) is 2.81. The SMILES string of the molecule is CCCCCCCCCCCCCCC(=O)CC(CC(=O)P(O)C(=O)CCCCN(C)C)NC(C)=O. The third-order valence-corrected chi connectivity index (χ3v) is 7.68. The predicted octanol–water partition coefficient (Wildman–Crippen LogP) is 6.11. The van der Waals surface area contributed by atoms with Crippen LogP contribution < -0.4 is 5.32 Å². The summed E-state index contributed by atoms with van der Waals surface area (Å²) < 4.78 is 0. The second-order valence-corrected chi connectivity index (χ2v) is 12.0. The molecule has 0 fully saturated rings. The quantitative estimate of drug-likeness (QED) is 0.110. The van der Waals surface area contributed by atoms with E-state index >= 15 is 0 Å². The minimum Gasteiger partial charge on any atom is -0.360 e. The Morgan fingerprint density at radius 2 is 1.22 bits per heavy atom. The number of Topliss-reactive ketones (excluding diaryl/α,β-unsaturated/α-hetero) is 1. The summed E-state index contributed by atoms with van der Waals surface area (Å²) in [7, 11) is 1.50. The maximum Gasteiger partial charge on any atom is 0.217 e. The van der Waals surface area contributed by atoms with Crippen molar-refractivity contribution < 1.29 is 24.1 Å². The van der Waals surface area contributed by atoms with Gasteiger partial charge in [-0.1, -0.05) is 77.6 Å². The summed E-state index contributed by atoms with van der Waals surface area (Å²) in [6.45, 7) is 4.42. The van der Waals surface area contributed by atoms with Gasteiger partial charge in [-0.05, 0) is 39.9 Å². The third kappa shape index (κ3) is 21.0. The molecule has 36 heavy (non-hydrogen) atoms. The molecule has 0 aromatic rings. The second kappa shape index (κ2) is 23.0. The van der Waals surface area contributed by atoms with Gasteiger partial charge in [0.25, 0.3) is 0 Å². The number of unbranched alkanes of at least 4 members (excludes halogenated alkanes) is 12. The zero-order valence-electron chi connectivity index (χ0n) is 23.5. The maximum absolute atomic E-state index is 12.5. The number of carbonyl (C=O) groups is 4. The zero-order valence-corrected chi connectivity index (χ0v) is 24.4. The summed E-state index contributed by atoms with van der Waals surface area (Å²) in [5.74, 6) is -0.325. The van der Waals surface area contributed by atoms with Gasteiger partial charge in [-0.15, -0.1) is 0 Å². The highest BCUT2D eigenvalue weighted by atomic mass is 31.1. The molecule has 0 saturated heterocycles. The van der Waals surface area contributed by atoms with E-state index in [1.54, 1.807) is 0 Å². The summed E-state index contributed by atoms with van der Waals surface area (Å²) in [6.07, 6.45) is 16.6. The largest absolute Gasteiger partial charge is 0.360 e. The Bertz CT molecular complexity index is 627. The molecule has 0 rings (SSSR count). The van der Waals surface area contributed by atoms with E-state index in [1.807, 2.05) is 19.0 Å². The molecule has 0 spiro atoms. The summed E-state index contributed by atoms with van der Waals surface area (Å²) in [5, 5.41) is 2.65. The van der Waals surface area contributed by atoms with E-state index in [9.17, 15) is 24.1 Å². The topological polar surface area (TPSA) is 104 Å². The molecular weight excluding hydrogens is 475 g/mol. The molecule has 210 valence electrons. The van der Waals surface area contributed by atoms with Gasteiger partial charge in [-0.3, -0.25) is 19.2 Å². The summed E-state index contributed by atoms with van der Waals surface area (Å²) >= 11 is 0. The van der Waals surface area contributed by atoms with Gasteiger partial charge in [0.15, 0.2) is 19.2 Å². The standard InChI is InChI=1S/C28H53N2O5P/c1-5-6-7-8-9-10-11-12-13-14-15-16-19-26(32)22-25(29-24(2)31)23-28(34)36(35)27(33)20-17-18-21-30(3)4/h25,35H,5-23H2,1-4H3,(H,29,31). The molecular formula is C28H53N2O5P. The lowest BCUT2D eigenvalue weighted by molar-refractivity contribution is -0.122. The van der Waals surface area contributed by atoms with Crippen molar-refractivity contribution in [3.8, 4) is 0 Å². The maximum atomic E-state index is 12.5. The summed E-state index contributed by atoms with van der Waals surface area (Å²) in [4.78, 5) is 60.9. The van der Waals surface area contributed by atoms with Gasteiger partial charge in [0.2, 0.25) is 5.91 Å². The van der Waals surface area contributed by atoms with Crippen LogP contribution in [0.2, 0.25) is 0 Å². The van der Waals surface area contributed by atoms with Crippen LogP contribution in [-0.2, 0) is 19.2 Å². The molecule has 0 bridgehead atoms. The van der Waals surface area contributed by atoms with Crippen LogP contribution in [-0.4, -0.2) is 59.2 Å². The zero-order chi connectivity index (χ0) is 27.2. The third-order valence-electron chi connectivity index (χ3n) is 6.33. The molecule has 0 aliphatic rings. The van der Waals surface area contributed by atoms with Crippen molar-refractivity contribution in [2.75, 3.05) is 20.6 Å². The lowest BCUT2D eigenvalue weighted by Crippen LogP contribution is -2.36. The lowest BCUT2D eigenvalue weighted by atomic mass is 10.0. The molecule has 7 nitrogen and oxygen atoms in total. The first-order chi connectivity index (χ1) is 17.2. The fourth-order valence-corrected chi connectivity index (χ4v) is 5.29. The Labute approximate surface area is 221 Å². The fraction of sp³-hybridized carbons (Fsp3) is 0.857. The van der Waals surface area contributed by atoms with Crippen molar-refractivity contribution in [3.63, 3.8) is 0 Å². The van der Waals surface area contributed by atoms with Gasteiger partial charge in [0, 0.05) is 38.6 Å². The molecule has 2 N–H and O–H groups in total.